The van der Waals surface area contributed by atoms with E-state index in [0.29, 0.717) is 51.6 Å². The van der Waals surface area contributed by atoms with Gasteiger partial charge in [-0.3, -0.25) is 4.79 Å². The first-order chi connectivity index (χ1) is 13.8. The monoisotopic (exact) mass is 412 g/mol. The molecule has 1 saturated carbocycles. The highest BCUT2D eigenvalue weighted by Gasteiger charge is 2.52. The second-order valence-corrected chi connectivity index (χ2v) is 8.40. The molecule has 3 heterocycles. The molecule has 0 aromatic carbocycles. The lowest BCUT2D eigenvalue weighted by Crippen LogP contribution is -2.55. The van der Waals surface area contributed by atoms with E-state index in [4.69, 9.17) is 10.5 Å². The smallest absolute Gasteiger partial charge is 0.381 e. The van der Waals surface area contributed by atoms with Crippen molar-refractivity contribution in [1.82, 2.24) is 9.88 Å². The lowest BCUT2D eigenvalue weighted by Gasteiger charge is -2.42. The summed E-state index contributed by atoms with van der Waals surface area (Å²) in [7, 11) is 0. The Labute approximate surface area is 168 Å². The third-order valence-corrected chi connectivity index (χ3v) is 6.69. The first kappa shape index (κ1) is 20.4. The molecule has 1 aromatic heterocycles. The zero-order chi connectivity index (χ0) is 20.6. The molecule has 1 aromatic rings. The molecule has 3 atom stereocenters. The van der Waals surface area contributed by atoms with Crippen LogP contribution < -0.4 is 10.6 Å². The molecular weight excluding hydrogens is 385 g/mol. The first-order valence-corrected chi connectivity index (χ1v) is 10.2. The van der Waals surface area contributed by atoms with Crippen molar-refractivity contribution in [2.45, 2.75) is 37.9 Å². The lowest BCUT2D eigenvalue weighted by molar-refractivity contribution is -0.146. The number of nitrogens with zero attached hydrogens (tertiary/aromatic N) is 3. The molecule has 6 nitrogen and oxygen atoms in total. The summed E-state index contributed by atoms with van der Waals surface area (Å²) >= 11 is 0. The Balaban J connectivity index is 1.44. The first-order valence-electron chi connectivity index (χ1n) is 10.2. The molecule has 2 saturated heterocycles. The van der Waals surface area contributed by atoms with Crippen LogP contribution >= 0.6 is 0 Å². The number of nitrogens with two attached hydrogens (primary N) is 1. The Morgan fingerprint density at radius 2 is 2.00 bits per heavy atom. The Hall–Kier alpha value is -1.87. The molecule has 2 aliphatic heterocycles. The highest BCUT2D eigenvalue weighted by molar-refractivity contribution is 5.84. The third-order valence-electron chi connectivity index (χ3n) is 6.69. The quantitative estimate of drug-likeness (QED) is 0.825. The van der Waals surface area contributed by atoms with Gasteiger partial charge in [-0.2, -0.15) is 13.2 Å². The van der Waals surface area contributed by atoms with Gasteiger partial charge in [0.15, 0.2) is 0 Å². The normalized spacial score (nSPS) is 30.8. The maximum Gasteiger partial charge on any atom is 0.416 e. The van der Waals surface area contributed by atoms with E-state index in [1.165, 1.54) is 6.20 Å². The fourth-order valence-electron chi connectivity index (χ4n) is 5.05. The Morgan fingerprint density at radius 3 is 2.59 bits per heavy atom. The van der Waals surface area contributed by atoms with Gasteiger partial charge in [-0.05, 0) is 43.7 Å². The maximum atomic E-state index is 13.5. The minimum Gasteiger partial charge on any atom is -0.381 e. The maximum absolute atomic E-state index is 13.5. The molecule has 4 rings (SSSR count). The third kappa shape index (κ3) is 3.94. The van der Waals surface area contributed by atoms with Crippen molar-refractivity contribution in [3.05, 3.63) is 23.9 Å². The van der Waals surface area contributed by atoms with E-state index < -0.39 is 17.2 Å². The molecule has 3 aliphatic rings. The van der Waals surface area contributed by atoms with Crippen LogP contribution in [0.15, 0.2) is 18.3 Å². The summed E-state index contributed by atoms with van der Waals surface area (Å²) in [6.45, 7) is 3.16. The highest BCUT2D eigenvalue weighted by atomic mass is 19.4. The van der Waals surface area contributed by atoms with E-state index in [-0.39, 0.29) is 17.9 Å². The summed E-state index contributed by atoms with van der Waals surface area (Å²) in [5, 5.41) is 0. The van der Waals surface area contributed by atoms with Crippen molar-refractivity contribution in [2.24, 2.45) is 17.1 Å². The summed E-state index contributed by atoms with van der Waals surface area (Å²) in [6.07, 6.45) is -0.00818. The number of alkyl halides is 3. The molecule has 1 aliphatic carbocycles. The second kappa shape index (κ2) is 7.75. The molecule has 2 N–H and O–H groups in total. The number of ether oxygens (including phenoxy) is 1. The van der Waals surface area contributed by atoms with Crippen molar-refractivity contribution >= 4 is 11.7 Å². The van der Waals surface area contributed by atoms with E-state index >= 15 is 0 Å². The van der Waals surface area contributed by atoms with Gasteiger partial charge in [-0.25, -0.2) is 4.98 Å². The van der Waals surface area contributed by atoms with Gasteiger partial charge in [-0.15, -0.1) is 0 Å². The molecular formula is C20H27F3N4O2. The number of carbonyl (C=O) groups is 1. The standard InChI is InChI=1S/C20H27F3N4O2/c21-20(22,23)14-2-5-25-17(11-14)26-6-8-27(9-7-26)18(28)19(4-1-16(24)12-19)15-3-10-29-13-15/h2,5,11,15-16H,1,3-4,6-10,12-13,24H2. The van der Waals surface area contributed by atoms with Crippen LogP contribution in [-0.2, 0) is 15.7 Å². The van der Waals surface area contributed by atoms with Crippen LogP contribution in [0.2, 0.25) is 0 Å². The Kier molecular flexibility index (Phi) is 5.46. The minimum atomic E-state index is -4.40. The van der Waals surface area contributed by atoms with Gasteiger partial charge < -0.3 is 20.3 Å². The average molecular weight is 412 g/mol. The number of aromatic nitrogens is 1. The molecule has 0 spiro atoms. The summed E-state index contributed by atoms with van der Waals surface area (Å²) in [5.41, 5.74) is 5.01. The van der Waals surface area contributed by atoms with Gasteiger partial charge >= 0.3 is 6.18 Å². The highest BCUT2D eigenvalue weighted by Crippen LogP contribution is 2.48. The molecule has 29 heavy (non-hydrogen) atoms. The summed E-state index contributed by atoms with van der Waals surface area (Å²) in [4.78, 5) is 21.3. The van der Waals surface area contributed by atoms with E-state index in [9.17, 15) is 18.0 Å². The minimum absolute atomic E-state index is 0.0372. The predicted molar refractivity (Wildman–Crippen MR) is 101 cm³/mol. The molecule has 3 fully saturated rings. The van der Waals surface area contributed by atoms with Crippen molar-refractivity contribution in [2.75, 3.05) is 44.3 Å². The summed E-state index contributed by atoms with van der Waals surface area (Å²) < 4.78 is 44.5. The SMILES string of the molecule is NC1CCC(C(=O)N2CCN(c3cc(C(F)(F)F)ccn3)CC2)(C2CCOC2)C1. The zero-order valence-electron chi connectivity index (χ0n) is 16.3. The topological polar surface area (TPSA) is 71.7 Å². The Bertz CT molecular complexity index is 745. The van der Waals surface area contributed by atoms with Crippen LogP contribution in [0, 0.1) is 11.3 Å². The number of amides is 1. The van der Waals surface area contributed by atoms with Crippen LogP contribution in [0.5, 0.6) is 0 Å². The molecule has 3 unspecified atom stereocenters. The lowest BCUT2D eigenvalue weighted by atomic mass is 9.72. The number of hydrogen-bond acceptors (Lipinski definition) is 5. The number of halogens is 3. The number of hydrogen-bond donors (Lipinski definition) is 1. The van der Waals surface area contributed by atoms with Crippen LogP contribution in [0.3, 0.4) is 0 Å². The van der Waals surface area contributed by atoms with Crippen LogP contribution in [0.1, 0.15) is 31.2 Å². The molecule has 9 heteroatoms. The predicted octanol–water partition coefficient (Wildman–Crippen LogP) is 2.28. The number of piperazine rings is 1. The van der Waals surface area contributed by atoms with E-state index in [0.717, 1.165) is 31.4 Å². The van der Waals surface area contributed by atoms with Crippen molar-refractivity contribution in [3.63, 3.8) is 0 Å². The number of rotatable bonds is 3. The molecule has 1 amide bonds. The molecule has 0 radical (unpaired) electrons. The van der Waals surface area contributed by atoms with Crippen molar-refractivity contribution in [1.29, 1.82) is 0 Å². The van der Waals surface area contributed by atoms with Gasteiger partial charge in [0, 0.05) is 45.0 Å². The van der Waals surface area contributed by atoms with E-state index in [1.54, 1.807) is 0 Å². The Morgan fingerprint density at radius 1 is 1.24 bits per heavy atom. The van der Waals surface area contributed by atoms with Crippen LogP contribution in [0.25, 0.3) is 0 Å². The number of carbonyl (C=O) groups excluding carboxylic acids is 1. The van der Waals surface area contributed by atoms with Crippen molar-refractivity contribution < 1.29 is 22.7 Å². The summed E-state index contributed by atoms with van der Waals surface area (Å²) in [6, 6.07) is 2.08. The number of pyridine rings is 1. The molecule has 160 valence electrons. The fourth-order valence-corrected chi connectivity index (χ4v) is 5.05. The van der Waals surface area contributed by atoms with E-state index in [2.05, 4.69) is 4.98 Å². The van der Waals surface area contributed by atoms with Gasteiger partial charge in [0.25, 0.3) is 0 Å². The fraction of sp³-hybridized carbons (Fsp3) is 0.700. The average Bonchev–Trinajstić information content (AvgIpc) is 3.38. The van der Waals surface area contributed by atoms with E-state index in [1.807, 2.05) is 9.80 Å². The van der Waals surface area contributed by atoms with Crippen LogP contribution in [0.4, 0.5) is 19.0 Å². The largest absolute Gasteiger partial charge is 0.416 e. The zero-order valence-corrected chi connectivity index (χ0v) is 16.3. The van der Waals surface area contributed by atoms with Gasteiger partial charge in [0.1, 0.15) is 5.82 Å². The number of anilines is 1. The van der Waals surface area contributed by atoms with Crippen LogP contribution in [-0.4, -0.2) is 61.2 Å². The molecule has 0 bridgehead atoms. The van der Waals surface area contributed by atoms with Gasteiger partial charge in [0.2, 0.25) is 5.91 Å². The van der Waals surface area contributed by atoms with Crippen molar-refractivity contribution in [3.8, 4) is 0 Å². The second-order valence-electron chi connectivity index (χ2n) is 8.40. The summed E-state index contributed by atoms with van der Waals surface area (Å²) in [5.74, 6) is 0.637. The van der Waals surface area contributed by atoms with Gasteiger partial charge in [-0.1, -0.05) is 0 Å². The van der Waals surface area contributed by atoms with Gasteiger partial charge in [0.05, 0.1) is 17.6 Å².